The van der Waals surface area contributed by atoms with Crippen molar-refractivity contribution in [2.45, 2.75) is 19.3 Å². The highest BCUT2D eigenvalue weighted by atomic mass is 16.3. The first-order valence-corrected chi connectivity index (χ1v) is 19.5. The van der Waals surface area contributed by atoms with Crippen molar-refractivity contribution in [3.8, 4) is 44.8 Å². The van der Waals surface area contributed by atoms with Crippen LogP contribution >= 0.6 is 0 Å². The Balaban J connectivity index is 1.08. The molecule has 0 atom stereocenters. The smallest absolute Gasteiger partial charge is 0.160 e. The van der Waals surface area contributed by atoms with Crippen LogP contribution in [0.4, 0.5) is 17.1 Å². The average molecular weight is 732 g/mol. The van der Waals surface area contributed by atoms with E-state index in [2.05, 4.69) is 158 Å². The minimum Gasteiger partial charge on any atom is -0.454 e. The Labute approximate surface area is 331 Å². The summed E-state index contributed by atoms with van der Waals surface area (Å²) in [5.41, 5.74) is 17.8. The Morgan fingerprint density at radius 1 is 0.456 bits per heavy atom. The third-order valence-electron chi connectivity index (χ3n) is 11.7. The Bertz CT molecular complexity index is 3150. The van der Waals surface area contributed by atoms with E-state index in [0.29, 0.717) is 0 Å². The first-order chi connectivity index (χ1) is 28.0. The monoisotopic (exact) mass is 731 g/mol. The minimum absolute atomic E-state index is 0.0742. The molecule has 0 fully saturated rings. The number of nitrogens with zero attached hydrogens (tertiary/aromatic N) is 3. The molecule has 1 aliphatic carbocycles. The van der Waals surface area contributed by atoms with Crippen molar-refractivity contribution in [1.82, 2.24) is 9.97 Å². The molecular formula is C53H37N3O. The number of anilines is 3. The van der Waals surface area contributed by atoms with Crippen molar-refractivity contribution in [3.05, 3.63) is 199 Å². The van der Waals surface area contributed by atoms with Crippen molar-refractivity contribution in [2.75, 3.05) is 4.90 Å². The van der Waals surface area contributed by atoms with Gasteiger partial charge in [0.05, 0.1) is 28.1 Å². The summed E-state index contributed by atoms with van der Waals surface area (Å²) in [5, 5.41) is 2.16. The topological polar surface area (TPSA) is 42.2 Å². The Kier molecular flexibility index (Phi) is 7.48. The molecule has 8 aromatic carbocycles. The van der Waals surface area contributed by atoms with E-state index in [1.807, 2.05) is 48.5 Å². The van der Waals surface area contributed by atoms with Crippen LogP contribution in [0.15, 0.2) is 192 Å². The van der Waals surface area contributed by atoms with Crippen LogP contribution in [-0.4, -0.2) is 9.97 Å². The molecule has 0 spiro atoms. The Morgan fingerprint density at radius 3 is 1.81 bits per heavy atom. The van der Waals surface area contributed by atoms with Gasteiger partial charge in [0.15, 0.2) is 5.58 Å². The van der Waals surface area contributed by atoms with Crippen LogP contribution in [0.1, 0.15) is 25.0 Å². The third-order valence-corrected chi connectivity index (χ3v) is 11.7. The van der Waals surface area contributed by atoms with Crippen molar-refractivity contribution >= 4 is 50.0 Å². The molecular weight excluding hydrogens is 695 g/mol. The van der Waals surface area contributed by atoms with Crippen LogP contribution in [0.3, 0.4) is 0 Å². The maximum Gasteiger partial charge on any atom is 0.160 e. The van der Waals surface area contributed by atoms with E-state index in [9.17, 15) is 0 Å². The largest absolute Gasteiger partial charge is 0.454 e. The zero-order valence-corrected chi connectivity index (χ0v) is 31.6. The highest BCUT2D eigenvalue weighted by Crippen LogP contribution is 2.52. The van der Waals surface area contributed by atoms with E-state index in [-0.39, 0.29) is 5.41 Å². The summed E-state index contributed by atoms with van der Waals surface area (Å²) in [6.07, 6.45) is 0. The van der Waals surface area contributed by atoms with Gasteiger partial charge in [-0.3, -0.25) is 0 Å². The fourth-order valence-corrected chi connectivity index (χ4v) is 8.89. The lowest BCUT2D eigenvalue weighted by Gasteiger charge is -2.27. The number of fused-ring (bicyclic) bond motifs is 7. The quantitative estimate of drug-likeness (QED) is 0.171. The molecule has 10 aromatic rings. The zero-order chi connectivity index (χ0) is 38.1. The summed E-state index contributed by atoms with van der Waals surface area (Å²) < 4.78 is 6.89. The molecule has 0 radical (unpaired) electrons. The van der Waals surface area contributed by atoms with E-state index in [1.54, 1.807) is 0 Å². The molecule has 0 aliphatic heterocycles. The lowest BCUT2D eigenvalue weighted by molar-refractivity contribution is 0.660. The van der Waals surface area contributed by atoms with Gasteiger partial charge in [0.2, 0.25) is 0 Å². The number of rotatable bonds is 6. The number of benzene rings is 8. The number of furan rings is 1. The third kappa shape index (κ3) is 5.29. The Morgan fingerprint density at radius 2 is 1.05 bits per heavy atom. The van der Waals surface area contributed by atoms with E-state index in [4.69, 9.17) is 14.4 Å². The van der Waals surface area contributed by atoms with Gasteiger partial charge in [-0.05, 0) is 81.9 Å². The van der Waals surface area contributed by atoms with Crippen LogP contribution < -0.4 is 4.90 Å². The van der Waals surface area contributed by atoms with Crippen LogP contribution in [0, 0.1) is 0 Å². The number of hydrogen-bond donors (Lipinski definition) is 0. The lowest BCUT2D eigenvalue weighted by Crippen LogP contribution is -2.15. The van der Waals surface area contributed by atoms with Crippen LogP contribution in [0.5, 0.6) is 0 Å². The molecule has 4 nitrogen and oxygen atoms in total. The standard InChI is InChI=1S/C53H37N3O/c1-53(2)43-21-11-9-19-40(43)42-33-38(29-31-44(42)53)56(37-17-7-4-8-18-37)47-32-30-39(49-41-20-10-14-24-48(41)57-52(47)49)34-25-27-36(28-26-34)51-50(35-15-5-3-6-16-35)54-45-22-12-13-23-46(45)55-51/h3-33H,1-2H3. The molecule has 4 heteroatoms. The maximum absolute atomic E-state index is 6.89. The Hall–Kier alpha value is -7.30. The van der Waals surface area contributed by atoms with Gasteiger partial charge in [-0.1, -0.05) is 153 Å². The molecule has 0 saturated heterocycles. The first-order valence-electron chi connectivity index (χ1n) is 19.5. The summed E-state index contributed by atoms with van der Waals surface area (Å²) in [6.45, 7) is 4.65. The molecule has 1 aliphatic rings. The summed E-state index contributed by atoms with van der Waals surface area (Å²) >= 11 is 0. The second-order valence-electron chi connectivity index (χ2n) is 15.4. The SMILES string of the molecule is CC1(C)c2ccccc2-c2cc(N(c3ccccc3)c3ccc(-c4ccc(-c5nc6ccccc6nc5-c5ccccc5)cc4)c4c3oc3ccccc34)ccc21. The fourth-order valence-electron chi connectivity index (χ4n) is 8.89. The van der Waals surface area contributed by atoms with Gasteiger partial charge in [-0.25, -0.2) is 9.97 Å². The van der Waals surface area contributed by atoms with Gasteiger partial charge in [0.25, 0.3) is 0 Å². The molecule has 2 aromatic heterocycles. The van der Waals surface area contributed by atoms with E-state index in [0.717, 1.165) is 83.7 Å². The van der Waals surface area contributed by atoms with Crippen molar-refractivity contribution in [2.24, 2.45) is 0 Å². The van der Waals surface area contributed by atoms with Gasteiger partial charge in [0, 0.05) is 38.7 Å². The predicted molar refractivity (Wildman–Crippen MR) is 235 cm³/mol. The van der Waals surface area contributed by atoms with E-state index >= 15 is 0 Å². The first kappa shape index (κ1) is 33.1. The summed E-state index contributed by atoms with van der Waals surface area (Å²) in [6, 6.07) is 66.3. The summed E-state index contributed by atoms with van der Waals surface area (Å²) in [4.78, 5) is 12.6. The van der Waals surface area contributed by atoms with Crippen molar-refractivity contribution in [3.63, 3.8) is 0 Å². The molecule has 0 bridgehead atoms. The molecule has 57 heavy (non-hydrogen) atoms. The number of hydrogen-bond acceptors (Lipinski definition) is 4. The van der Waals surface area contributed by atoms with Crippen LogP contribution in [-0.2, 0) is 5.41 Å². The van der Waals surface area contributed by atoms with Gasteiger partial charge < -0.3 is 9.32 Å². The van der Waals surface area contributed by atoms with Gasteiger partial charge >= 0.3 is 0 Å². The minimum atomic E-state index is -0.0742. The van der Waals surface area contributed by atoms with E-state index in [1.165, 1.54) is 22.3 Å². The van der Waals surface area contributed by atoms with E-state index < -0.39 is 0 Å². The normalized spacial score (nSPS) is 12.9. The zero-order valence-electron chi connectivity index (χ0n) is 31.6. The van der Waals surface area contributed by atoms with Crippen LogP contribution in [0.25, 0.3) is 77.7 Å². The molecule has 0 unspecified atom stereocenters. The van der Waals surface area contributed by atoms with Gasteiger partial charge in [-0.15, -0.1) is 0 Å². The van der Waals surface area contributed by atoms with Gasteiger partial charge in [-0.2, -0.15) is 0 Å². The van der Waals surface area contributed by atoms with Crippen molar-refractivity contribution < 1.29 is 4.42 Å². The highest BCUT2D eigenvalue weighted by molar-refractivity contribution is 6.17. The number of para-hydroxylation sites is 4. The molecule has 270 valence electrons. The maximum atomic E-state index is 6.89. The molecule has 0 amide bonds. The fraction of sp³-hybridized carbons (Fsp3) is 0.0566. The molecule has 11 rings (SSSR count). The molecule has 0 saturated carbocycles. The molecule has 2 heterocycles. The lowest BCUT2D eigenvalue weighted by atomic mass is 9.82. The van der Waals surface area contributed by atoms with Crippen molar-refractivity contribution in [1.29, 1.82) is 0 Å². The highest BCUT2D eigenvalue weighted by Gasteiger charge is 2.35. The predicted octanol–water partition coefficient (Wildman–Crippen LogP) is 14.3. The van der Waals surface area contributed by atoms with Crippen LogP contribution in [0.2, 0.25) is 0 Å². The van der Waals surface area contributed by atoms with Gasteiger partial charge in [0.1, 0.15) is 5.58 Å². The molecule has 0 N–H and O–H groups in total. The second kappa shape index (κ2) is 12.9. The second-order valence-corrected chi connectivity index (χ2v) is 15.4. The average Bonchev–Trinajstić information content (AvgIpc) is 3.77. The number of aromatic nitrogens is 2. The summed E-state index contributed by atoms with van der Waals surface area (Å²) in [5.74, 6) is 0. The summed E-state index contributed by atoms with van der Waals surface area (Å²) in [7, 11) is 0.